The summed E-state index contributed by atoms with van der Waals surface area (Å²) in [6.07, 6.45) is 0.0260. The average Bonchev–Trinajstić information content (AvgIpc) is 2.61. The van der Waals surface area contributed by atoms with Crippen molar-refractivity contribution in [3.05, 3.63) is 29.8 Å². The highest BCUT2D eigenvalue weighted by atomic mass is 16.5. The molecule has 0 unspecified atom stereocenters. The number of rotatable bonds is 6. The molecule has 0 atom stereocenters. The van der Waals surface area contributed by atoms with E-state index in [0.717, 1.165) is 0 Å². The Kier molecular flexibility index (Phi) is 6.74. The number of esters is 1. The van der Waals surface area contributed by atoms with Crippen molar-refractivity contribution in [2.24, 2.45) is 0 Å². The number of nitrogens with zero attached hydrogens (tertiary/aromatic N) is 1. The van der Waals surface area contributed by atoms with Gasteiger partial charge in [0.15, 0.2) is 0 Å². The van der Waals surface area contributed by atoms with E-state index in [1.54, 1.807) is 36.1 Å². The SMILES string of the molecule is CCOC(=O)CCC(=O)Nc1ccccc1C(=O)N1CCOCC1. The van der Waals surface area contributed by atoms with Gasteiger partial charge in [0.2, 0.25) is 5.91 Å². The van der Waals surface area contributed by atoms with Crippen molar-refractivity contribution in [1.82, 2.24) is 4.90 Å². The number of ether oxygens (including phenoxy) is 2. The van der Waals surface area contributed by atoms with E-state index in [-0.39, 0.29) is 31.3 Å². The number of hydrogen-bond donors (Lipinski definition) is 1. The van der Waals surface area contributed by atoms with Gasteiger partial charge in [-0.3, -0.25) is 14.4 Å². The molecule has 7 heteroatoms. The molecule has 0 saturated carbocycles. The molecule has 1 aliphatic heterocycles. The van der Waals surface area contributed by atoms with E-state index in [1.807, 2.05) is 0 Å². The first kappa shape index (κ1) is 17.9. The quantitative estimate of drug-likeness (QED) is 0.796. The molecular formula is C17H22N2O5. The van der Waals surface area contributed by atoms with Gasteiger partial charge < -0.3 is 19.7 Å². The summed E-state index contributed by atoms with van der Waals surface area (Å²) in [4.78, 5) is 37.6. The van der Waals surface area contributed by atoms with Gasteiger partial charge in [-0.05, 0) is 19.1 Å². The molecule has 0 aromatic heterocycles. The number of carbonyl (C=O) groups is 3. The average molecular weight is 334 g/mol. The summed E-state index contributed by atoms with van der Waals surface area (Å²) in [6, 6.07) is 6.85. The van der Waals surface area contributed by atoms with Crippen LogP contribution < -0.4 is 5.32 Å². The largest absolute Gasteiger partial charge is 0.466 e. The summed E-state index contributed by atoms with van der Waals surface area (Å²) in [5.74, 6) is -0.879. The molecule has 0 spiro atoms. The maximum atomic E-state index is 12.6. The van der Waals surface area contributed by atoms with Crippen molar-refractivity contribution in [3.8, 4) is 0 Å². The summed E-state index contributed by atoms with van der Waals surface area (Å²) < 4.78 is 10.0. The lowest BCUT2D eigenvalue weighted by atomic mass is 10.1. The molecule has 1 aromatic carbocycles. The molecule has 2 rings (SSSR count). The molecule has 2 amide bonds. The highest BCUT2D eigenvalue weighted by molar-refractivity contribution is 6.04. The van der Waals surface area contributed by atoms with Crippen LogP contribution in [0.2, 0.25) is 0 Å². The number of morpholine rings is 1. The molecule has 1 aliphatic rings. The summed E-state index contributed by atoms with van der Waals surface area (Å²) in [5, 5.41) is 2.70. The van der Waals surface area contributed by atoms with Crippen LogP contribution in [-0.2, 0) is 19.1 Å². The Hall–Kier alpha value is -2.41. The molecule has 1 N–H and O–H groups in total. The van der Waals surface area contributed by atoms with Gasteiger partial charge in [-0.1, -0.05) is 12.1 Å². The molecule has 0 aliphatic carbocycles. The Morgan fingerprint density at radius 3 is 2.58 bits per heavy atom. The van der Waals surface area contributed by atoms with Crippen molar-refractivity contribution < 1.29 is 23.9 Å². The van der Waals surface area contributed by atoms with E-state index in [0.29, 0.717) is 37.6 Å². The van der Waals surface area contributed by atoms with E-state index < -0.39 is 5.97 Å². The van der Waals surface area contributed by atoms with Crippen molar-refractivity contribution in [2.75, 3.05) is 38.2 Å². The number of amides is 2. The van der Waals surface area contributed by atoms with Gasteiger partial charge >= 0.3 is 5.97 Å². The maximum Gasteiger partial charge on any atom is 0.306 e. The van der Waals surface area contributed by atoms with Crippen LogP contribution in [0.15, 0.2) is 24.3 Å². The third-order valence-electron chi connectivity index (χ3n) is 3.59. The topological polar surface area (TPSA) is 84.9 Å². The minimum absolute atomic E-state index is 0.0128. The number of hydrogen-bond acceptors (Lipinski definition) is 5. The second-order valence-electron chi connectivity index (χ2n) is 5.30. The number of benzene rings is 1. The van der Waals surface area contributed by atoms with Crippen LogP contribution in [0, 0.1) is 0 Å². The lowest BCUT2D eigenvalue weighted by Crippen LogP contribution is -2.41. The first-order chi connectivity index (χ1) is 11.6. The van der Waals surface area contributed by atoms with E-state index >= 15 is 0 Å². The number of anilines is 1. The first-order valence-electron chi connectivity index (χ1n) is 8.03. The molecule has 7 nitrogen and oxygen atoms in total. The highest BCUT2D eigenvalue weighted by Gasteiger charge is 2.21. The van der Waals surface area contributed by atoms with Gasteiger partial charge in [0, 0.05) is 19.5 Å². The molecular weight excluding hydrogens is 312 g/mol. The van der Waals surface area contributed by atoms with Crippen LogP contribution in [0.4, 0.5) is 5.69 Å². The predicted molar refractivity (Wildman–Crippen MR) is 87.7 cm³/mol. The van der Waals surface area contributed by atoms with Crippen molar-refractivity contribution in [3.63, 3.8) is 0 Å². The number of nitrogens with one attached hydrogen (secondary N) is 1. The zero-order chi connectivity index (χ0) is 17.4. The first-order valence-corrected chi connectivity index (χ1v) is 8.03. The molecule has 0 bridgehead atoms. The van der Waals surface area contributed by atoms with Gasteiger partial charge in [-0.25, -0.2) is 0 Å². The predicted octanol–water partition coefficient (Wildman–Crippen LogP) is 1.44. The fourth-order valence-electron chi connectivity index (χ4n) is 2.38. The summed E-state index contributed by atoms with van der Waals surface area (Å²) >= 11 is 0. The molecule has 24 heavy (non-hydrogen) atoms. The monoisotopic (exact) mass is 334 g/mol. The van der Waals surface area contributed by atoms with Crippen molar-refractivity contribution in [2.45, 2.75) is 19.8 Å². The zero-order valence-corrected chi connectivity index (χ0v) is 13.7. The van der Waals surface area contributed by atoms with Gasteiger partial charge in [0.1, 0.15) is 0 Å². The van der Waals surface area contributed by atoms with E-state index in [2.05, 4.69) is 5.32 Å². The van der Waals surface area contributed by atoms with Crippen LogP contribution in [0.5, 0.6) is 0 Å². The Morgan fingerprint density at radius 1 is 1.17 bits per heavy atom. The summed E-state index contributed by atoms with van der Waals surface area (Å²) in [7, 11) is 0. The smallest absolute Gasteiger partial charge is 0.306 e. The van der Waals surface area contributed by atoms with Crippen LogP contribution in [-0.4, -0.2) is 55.6 Å². The molecule has 130 valence electrons. The molecule has 1 saturated heterocycles. The molecule has 1 fully saturated rings. The van der Waals surface area contributed by atoms with Crippen molar-refractivity contribution in [1.29, 1.82) is 0 Å². The van der Waals surface area contributed by atoms with Crippen molar-refractivity contribution >= 4 is 23.5 Å². The number of carbonyl (C=O) groups excluding carboxylic acids is 3. The summed E-state index contributed by atoms with van der Waals surface area (Å²) in [6.45, 7) is 4.09. The van der Waals surface area contributed by atoms with Crippen LogP contribution >= 0.6 is 0 Å². The van der Waals surface area contributed by atoms with Crippen LogP contribution in [0.1, 0.15) is 30.1 Å². The second kappa shape index (κ2) is 9.02. The van der Waals surface area contributed by atoms with Gasteiger partial charge in [-0.15, -0.1) is 0 Å². The molecule has 1 aromatic rings. The minimum Gasteiger partial charge on any atom is -0.466 e. The van der Waals surface area contributed by atoms with Gasteiger partial charge in [-0.2, -0.15) is 0 Å². The fourth-order valence-corrected chi connectivity index (χ4v) is 2.38. The lowest BCUT2D eigenvalue weighted by Gasteiger charge is -2.27. The third kappa shape index (κ3) is 5.06. The second-order valence-corrected chi connectivity index (χ2v) is 5.30. The Balaban J connectivity index is 1.99. The Morgan fingerprint density at radius 2 is 1.88 bits per heavy atom. The van der Waals surface area contributed by atoms with E-state index in [4.69, 9.17) is 9.47 Å². The Bertz CT molecular complexity index is 596. The highest BCUT2D eigenvalue weighted by Crippen LogP contribution is 2.18. The fraction of sp³-hybridized carbons (Fsp3) is 0.471. The standard InChI is InChI=1S/C17H22N2O5/c1-2-24-16(21)8-7-15(20)18-14-6-4-3-5-13(14)17(22)19-9-11-23-12-10-19/h3-6H,2,7-12H2,1H3,(H,18,20). The molecule has 1 heterocycles. The minimum atomic E-state index is -0.412. The maximum absolute atomic E-state index is 12.6. The van der Waals surface area contributed by atoms with Crippen LogP contribution in [0.3, 0.4) is 0 Å². The Labute approximate surface area is 140 Å². The van der Waals surface area contributed by atoms with Gasteiger partial charge in [0.05, 0.1) is 37.5 Å². The lowest BCUT2D eigenvalue weighted by molar-refractivity contribution is -0.144. The van der Waals surface area contributed by atoms with E-state index in [1.165, 1.54) is 0 Å². The van der Waals surface area contributed by atoms with Crippen LogP contribution in [0.25, 0.3) is 0 Å². The zero-order valence-electron chi connectivity index (χ0n) is 13.7. The summed E-state index contributed by atoms with van der Waals surface area (Å²) in [5.41, 5.74) is 0.881. The number of para-hydroxylation sites is 1. The third-order valence-corrected chi connectivity index (χ3v) is 3.59. The van der Waals surface area contributed by atoms with Gasteiger partial charge in [0.25, 0.3) is 5.91 Å². The normalized spacial score (nSPS) is 14.1. The molecule has 0 radical (unpaired) electrons. The van der Waals surface area contributed by atoms with E-state index in [9.17, 15) is 14.4 Å².